The fraction of sp³-hybridized carbons (Fsp3) is 0.429. The Balaban J connectivity index is 2.05. The van der Waals surface area contributed by atoms with Crippen molar-refractivity contribution in [1.82, 2.24) is 4.90 Å². The first-order valence-electron chi connectivity index (χ1n) is 6.50. The molecule has 1 heterocycles. The van der Waals surface area contributed by atoms with Crippen molar-refractivity contribution in [3.8, 4) is 11.5 Å². The van der Waals surface area contributed by atoms with Gasteiger partial charge in [-0.3, -0.25) is 9.59 Å². The Kier molecular flexibility index (Phi) is 4.99. The van der Waals surface area contributed by atoms with Crippen molar-refractivity contribution in [1.29, 1.82) is 0 Å². The summed E-state index contributed by atoms with van der Waals surface area (Å²) in [7, 11) is 1.49. The van der Waals surface area contributed by atoms with Crippen LogP contribution in [0.15, 0.2) is 24.3 Å². The number of rotatable bonds is 6. The van der Waals surface area contributed by atoms with Crippen LogP contribution in [-0.2, 0) is 14.3 Å². The van der Waals surface area contributed by atoms with Crippen LogP contribution in [-0.4, -0.2) is 61.4 Å². The van der Waals surface area contributed by atoms with E-state index in [1.807, 2.05) is 0 Å². The minimum absolute atomic E-state index is 0.0545. The second kappa shape index (κ2) is 6.94. The zero-order valence-corrected chi connectivity index (χ0v) is 11.7. The van der Waals surface area contributed by atoms with Gasteiger partial charge in [-0.15, -0.1) is 0 Å². The Hall–Kier alpha value is -2.28. The van der Waals surface area contributed by atoms with Crippen molar-refractivity contribution < 1.29 is 28.9 Å². The smallest absolute Gasteiger partial charge is 0.323 e. The number of benzene rings is 1. The Bertz CT molecular complexity index is 518. The molecule has 7 heteroatoms. The number of aliphatic carboxylic acids is 1. The summed E-state index contributed by atoms with van der Waals surface area (Å²) >= 11 is 0. The molecule has 1 amide bonds. The SMILES string of the molecule is COCCN(CC(=O)O)C(=O)C1COc2ccccc2O1. The number of hydrogen-bond donors (Lipinski definition) is 1. The number of carboxylic acids is 1. The van der Waals surface area contributed by atoms with Gasteiger partial charge in [0, 0.05) is 13.7 Å². The van der Waals surface area contributed by atoms with E-state index in [1.54, 1.807) is 24.3 Å². The largest absolute Gasteiger partial charge is 0.485 e. The van der Waals surface area contributed by atoms with Gasteiger partial charge in [0.05, 0.1) is 6.61 Å². The van der Waals surface area contributed by atoms with Crippen LogP contribution in [0, 0.1) is 0 Å². The molecule has 0 spiro atoms. The summed E-state index contributed by atoms with van der Waals surface area (Å²) in [5, 5.41) is 8.88. The number of amides is 1. The number of hydrogen-bond acceptors (Lipinski definition) is 5. The number of carbonyl (C=O) groups excluding carboxylic acids is 1. The number of nitrogens with zero attached hydrogens (tertiary/aromatic N) is 1. The Morgan fingerprint density at radius 1 is 1.38 bits per heavy atom. The minimum Gasteiger partial charge on any atom is -0.485 e. The summed E-state index contributed by atoms with van der Waals surface area (Å²) < 4.78 is 15.9. The Morgan fingerprint density at radius 2 is 2.10 bits per heavy atom. The van der Waals surface area contributed by atoms with Crippen LogP contribution >= 0.6 is 0 Å². The summed E-state index contributed by atoms with van der Waals surface area (Å²) in [6.07, 6.45) is -0.851. The highest BCUT2D eigenvalue weighted by molar-refractivity contribution is 5.85. The van der Waals surface area contributed by atoms with Crippen LogP contribution in [0.25, 0.3) is 0 Å². The topological polar surface area (TPSA) is 85.3 Å². The average molecular weight is 295 g/mol. The third kappa shape index (κ3) is 3.85. The van der Waals surface area contributed by atoms with E-state index >= 15 is 0 Å². The first-order valence-corrected chi connectivity index (χ1v) is 6.50. The van der Waals surface area contributed by atoms with Crippen LogP contribution in [0.4, 0.5) is 0 Å². The molecule has 1 aliphatic rings. The van der Waals surface area contributed by atoms with Crippen LogP contribution in [0.5, 0.6) is 11.5 Å². The molecule has 1 aromatic carbocycles. The van der Waals surface area contributed by atoms with E-state index in [1.165, 1.54) is 12.0 Å². The second-order valence-electron chi connectivity index (χ2n) is 4.51. The second-order valence-corrected chi connectivity index (χ2v) is 4.51. The van der Waals surface area contributed by atoms with Gasteiger partial charge in [-0.05, 0) is 12.1 Å². The van der Waals surface area contributed by atoms with E-state index in [9.17, 15) is 9.59 Å². The average Bonchev–Trinajstić information content (AvgIpc) is 2.50. The highest BCUT2D eigenvalue weighted by atomic mass is 16.6. The maximum Gasteiger partial charge on any atom is 0.323 e. The van der Waals surface area contributed by atoms with Crippen molar-refractivity contribution in [3.05, 3.63) is 24.3 Å². The molecular formula is C14H17NO6. The summed E-state index contributed by atoms with van der Waals surface area (Å²) in [6, 6.07) is 7.02. The summed E-state index contributed by atoms with van der Waals surface area (Å²) in [5.41, 5.74) is 0. The van der Waals surface area contributed by atoms with Gasteiger partial charge in [-0.25, -0.2) is 0 Å². The van der Waals surface area contributed by atoms with Gasteiger partial charge in [0.2, 0.25) is 6.10 Å². The van der Waals surface area contributed by atoms with Crippen molar-refractivity contribution in [2.24, 2.45) is 0 Å². The van der Waals surface area contributed by atoms with E-state index in [0.717, 1.165) is 0 Å². The van der Waals surface area contributed by atoms with Crippen LogP contribution in [0.1, 0.15) is 0 Å². The standard InChI is InChI=1S/C14H17NO6/c1-19-7-6-15(8-13(16)17)14(18)12-9-20-10-4-2-3-5-11(10)21-12/h2-5,12H,6-9H2,1H3,(H,16,17). The molecule has 2 rings (SSSR count). The normalized spacial score (nSPS) is 16.3. The molecule has 0 saturated carbocycles. The van der Waals surface area contributed by atoms with Gasteiger partial charge in [0.25, 0.3) is 5.91 Å². The Labute approximate surface area is 122 Å². The molecule has 114 valence electrons. The molecule has 21 heavy (non-hydrogen) atoms. The fourth-order valence-corrected chi connectivity index (χ4v) is 1.98. The molecule has 0 saturated heterocycles. The zero-order chi connectivity index (χ0) is 15.2. The van der Waals surface area contributed by atoms with Gasteiger partial charge in [0.15, 0.2) is 11.5 Å². The number of fused-ring (bicyclic) bond motifs is 1. The molecule has 0 radical (unpaired) electrons. The predicted molar refractivity (Wildman–Crippen MR) is 72.4 cm³/mol. The van der Waals surface area contributed by atoms with Gasteiger partial charge in [-0.1, -0.05) is 12.1 Å². The summed E-state index contributed by atoms with van der Waals surface area (Å²) in [6.45, 7) is 0.0922. The molecule has 0 fully saturated rings. The minimum atomic E-state index is -1.09. The number of carboxylic acid groups (broad SMARTS) is 1. The van der Waals surface area contributed by atoms with Gasteiger partial charge < -0.3 is 24.2 Å². The van der Waals surface area contributed by atoms with E-state index in [2.05, 4.69) is 0 Å². The molecule has 7 nitrogen and oxygen atoms in total. The fourth-order valence-electron chi connectivity index (χ4n) is 1.98. The lowest BCUT2D eigenvalue weighted by Crippen LogP contribution is -2.49. The highest BCUT2D eigenvalue weighted by Crippen LogP contribution is 2.31. The van der Waals surface area contributed by atoms with Gasteiger partial charge in [-0.2, -0.15) is 0 Å². The lowest BCUT2D eigenvalue weighted by molar-refractivity contribution is -0.149. The maximum absolute atomic E-state index is 12.4. The molecule has 1 N–H and O–H groups in total. The van der Waals surface area contributed by atoms with E-state index in [0.29, 0.717) is 11.5 Å². The van der Waals surface area contributed by atoms with Gasteiger partial charge >= 0.3 is 5.97 Å². The van der Waals surface area contributed by atoms with Gasteiger partial charge in [0.1, 0.15) is 13.2 Å². The third-order valence-corrected chi connectivity index (χ3v) is 2.99. The molecule has 0 bridgehead atoms. The number of ether oxygens (including phenoxy) is 3. The number of para-hydroxylation sites is 2. The Morgan fingerprint density at radius 3 is 2.76 bits per heavy atom. The molecule has 0 aliphatic carbocycles. The van der Waals surface area contributed by atoms with Crippen molar-refractivity contribution in [2.75, 3.05) is 33.4 Å². The van der Waals surface area contributed by atoms with E-state index < -0.39 is 24.5 Å². The first kappa shape index (κ1) is 15.1. The lowest BCUT2D eigenvalue weighted by Gasteiger charge is -2.29. The third-order valence-electron chi connectivity index (χ3n) is 2.99. The first-order chi connectivity index (χ1) is 10.1. The summed E-state index contributed by atoms with van der Waals surface area (Å²) in [5.74, 6) is -0.465. The quantitative estimate of drug-likeness (QED) is 0.817. The molecule has 1 aliphatic heterocycles. The maximum atomic E-state index is 12.4. The van der Waals surface area contributed by atoms with Crippen molar-refractivity contribution in [3.63, 3.8) is 0 Å². The van der Waals surface area contributed by atoms with Crippen LogP contribution < -0.4 is 9.47 Å². The molecule has 1 aromatic rings. The van der Waals surface area contributed by atoms with Crippen LogP contribution in [0.3, 0.4) is 0 Å². The monoisotopic (exact) mass is 295 g/mol. The zero-order valence-electron chi connectivity index (χ0n) is 11.7. The molecular weight excluding hydrogens is 278 g/mol. The van der Waals surface area contributed by atoms with Crippen molar-refractivity contribution >= 4 is 11.9 Å². The number of methoxy groups -OCH3 is 1. The van der Waals surface area contributed by atoms with Crippen LogP contribution in [0.2, 0.25) is 0 Å². The summed E-state index contributed by atoms with van der Waals surface area (Å²) in [4.78, 5) is 24.4. The van der Waals surface area contributed by atoms with Crippen molar-refractivity contribution in [2.45, 2.75) is 6.10 Å². The highest BCUT2D eigenvalue weighted by Gasteiger charge is 2.31. The predicted octanol–water partition coefficient (Wildman–Crippen LogP) is 0.386. The lowest BCUT2D eigenvalue weighted by atomic mass is 10.2. The molecule has 1 atom stereocenters. The van der Waals surface area contributed by atoms with E-state index in [4.69, 9.17) is 19.3 Å². The number of carbonyl (C=O) groups is 2. The molecule has 0 aromatic heterocycles. The molecule has 1 unspecified atom stereocenters. The van der Waals surface area contributed by atoms with E-state index in [-0.39, 0.29) is 19.8 Å².